The molecule has 20 heavy (non-hydrogen) atoms. The highest BCUT2D eigenvalue weighted by Gasteiger charge is 2.34. The van der Waals surface area contributed by atoms with E-state index in [9.17, 15) is 0 Å². The predicted molar refractivity (Wildman–Crippen MR) is 94.7 cm³/mol. The zero-order valence-corrected chi connectivity index (χ0v) is 16.3. The van der Waals surface area contributed by atoms with Crippen molar-refractivity contribution in [1.82, 2.24) is 0 Å². The molecule has 0 bridgehead atoms. The van der Waals surface area contributed by atoms with Gasteiger partial charge in [0, 0.05) is 0 Å². The van der Waals surface area contributed by atoms with E-state index in [0.717, 1.165) is 0 Å². The number of rotatable bonds is 8. The standard InChI is InChI=1S/C18H36OSi/c1-10-20(11-2,12-3)19-18(8,9)14-13-17(15(4)5)16(6)7/h13-15H,10-12H2,1-9H3/b14-13-. The fraction of sp³-hybridized carbons (Fsp3) is 0.778. The summed E-state index contributed by atoms with van der Waals surface area (Å²) in [4.78, 5) is 0. The maximum absolute atomic E-state index is 6.61. The Hall–Kier alpha value is -0.343. The van der Waals surface area contributed by atoms with Crippen LogP contribution >= 0.6 is 0 Å². The number of allylic oxidation sites excluding steroid dienone is 3. The van der Waals surface area contributed by atoms with Gasteiger partial charge in [0.15, 0.2) is 8.32 Å². The van der Waals surface area contributed by atoms with E-state index in [-0.39, 0.29) is 5.60 Å². The molecule has 0 spiro atoms. The van der Waals surface area contributed by atoms with Gasteiger partial charge < -0.3 is 4.43 Å². The molecule has 0 unspecified atom stereocenters. The van der Waals surface area contributed by atoms with Crippen molar-refractivity contribution in [1.29, 1.82) is 0 Å². The highest BCUT2D eigenvalue weighted by atomic mass is 28.4. The van der Waals surface area contributed by atoms with Gasteiger partial charge in [-0.05, 0) is 57.3 Å². The van der Waals surface area contributed by atoms with E-state index in [4.69, 9.17) is 4.43 Å². The van der Waals surface area contributed by atoms with Crippen molar-refractivity contribution in [2.75, 3.05) is 0 Å². The van der Waals surface area contributed by atoms with Crippen LogP contribution in [-0.4, -0.2) is 13.9 Å². The Kier molecular flexibility index (Phi) is 8.05. The van der Waals surface area contributed by atoms with Gasteiger partial charge in [-0.3, -0.25) is 0 Å². The maximum atomic E-state index is 6.61. The van der Waals surface area contributed by atoms with E-state index in [1.807, 2.05) is 0 Å². The summed E-state index contributed by atoms with van der Waals surface area (Å²) in [6.45, 7) is 20.2. The lowest BCUT2D eigenvalue weighted by Crippen LogP contribution is -2.43. The normalized spacial score (nSPS) is 13.3. The maximum Gasteiger partial charge on any atom is 0.193 e. The second-order valence-electron chi connectivity index (χ2n) is 6.89. The summed E-state index contributed by atoms with van der Waals surface area (Å²) >= 11 is 0. The summed E-state index contributed by atoms with van der Waals surface area (Å²) in [5.74, 6) is 0.567. The molecule has 0 heterocycles. The molecule has 0 atom stereocenters. The minimum atomic E-state index is -1.55. The zero-order chi connectivity index (χ0) is 16.0. The lowest BCUT2D eigenvalue weighted by molar-refractivity contribution is 0.146. The number of hydrogen-bond acceptors (Lipinski definition) is 1. The van der Waals surface area contributed by atoms with E-state index in [0.29, 0.717) is 5.92 Å². The van der Waals surface area contributed by atoms with Crippen LogP contribution in [0.15, 0.2) is 23.3 Å². The van der Waals surface area contributed by atoms with E-state index in [1.54, 1.807) is 0 Å². The molecule has 0 saturated carbocycles. The van der Waals surface area contributed by atoms with Crippen LogP contribution in [-0.2, 0) is 4.43 Å². The number of hydrogen-bond donors (Lipinski definition) is 0. The van der Waals surface area contributed by atoms with E-state index >= 15 is 0 Å². The van der Waals surface area contributed by atoms with Gasteiger partial charge in [0.05, 0.1) is 5.60 Å². The van der Waals surface area contributed by atoms with Crippen LogP contribution in [0.3, 0.4) is 0 Å². The highest BCUT2D eigenvalue weighted by molar-refractivity contribution is 6.73. The molecule has 0 saturated heterocycles. The Balaban J connectivity index is 5.12. The summed E-state index contributed by atoms with van der Waals surface area (Å²) in [6.07, 6.45) is 4.54. The van der Waals surface area contributed by atoms with Gasteiger partial charge in [-0.2, -0.15) is 0 Å². The summed E-state index contributed by atoms with van der Waals surface area (Å²) in [7, 11) is -1.55. The first kappa shape index (κ1) is 19.7. The van der Waals surface area contributed by atoms with Crippen molar-refractivity contribution in [2.45, 2.75) is 86.0 Å². The molecule has 0 rings (SSSR count). The van der Waals surface area contributed by atoms with Crippen LogP contribution in [0, 0.1) is 5.92 Å². The van der Waals surface area contributed by atoms with E-state index < -0.39 is 8.32 Å². The first-order valence-corrected chi connectivity index (χ1v) is 10.7. The van der Waals surface area contributed by atoms with Crippen LogP contribution in [0.4, 0.5) is 0 Å². The second-order valence-corrected chi connectivity index (χ2v) is 11.6. The third kappa shape index (κ3) is 5.97. The Labute approximate surface area is 128 Å². The Bertz CT molecular complexity index is 334. The van der Waals surface area contributed by atoms with Crippen LogP contribution in [0.2, 0.25) is 18.1 Å². The third-order valence-electron chi connectivity index (χ3n) is 4.28. The summed E-state index contributed by atoms with van der Waals surface area (Å²) in [5.41, 5.74) is 2.67. The van der Waals surface area contributed by atoms with Crippen LogP contribution in [0.25, 0.3) is 0 Å². The van der Waals surface area contributed by atoms with Gasteiger partial charge in [-0.25, -0.2) is 0 Å². The lowest BCUT2D eigenvalue weighted by Gasteiger charge is -2.36. The minimum Gasteiger partial charge on any atom is -0.409 e. The van der Waals surface area contributed by atoms with Gasteiger partial charge >= 0.3 is 0 Å². The minimum absolute atomic E-state index is 0.163. The summed E-state index contributed by atoms with van der Waals surface area (Å²) in [6, 6.07) is 3.62. The molecule has 0 aliphatic heterocycles. The molecule has 0 aromatic carbocycles. The third-order valence-corrected chi connectivity index (χ3v) is 9.10. The molecule has 2 heteroatoms. The van der Waals surface area contributed by atoms with E-state index in [2.05, 4.69) is 74.5 Å². The van der Waals surface area contributed by atoms with Crippen molar-refractivity contribution in [3.05, 3.63) is 23.3 Å². The largest absolute Gasteiger partial charge is 0.409 e. The Morgan fingerprint density at radius 2 is 1.50 bits per heavy atom. The van der Waals surface area contributed by atoms with Crippen molar-refractivity contribution in [2.24, 2.45) is 5.92 Å². The smallest absolute Gasteiger partial charge is 0.193 e. The fourth-order valence-corrected chi connectivity index (χ4v) is 5.90. The van der Waals surface area contributed by atoms with E-state index in [1.165, 1.54) is 29.3 Å². The average molecular weight is 297 g/mol. The molecule has 0 fully saturated rings. The van der Waals surface area contributed by atoms with Crippen molar-refractivity contribution < 1.29 is 4.43 Å². The van der Waals surface area contributed by atoms with Crippen molar-refractivity contribution >= 4 is 8.32 Å². The van der Waals surface area contributed by atoms with Crippen LogP contribution in [0.1, 0.15) is 62.3 Å². The fourth-order valence-electron chi connectivity index (χ4n) is 2.79. The molecular weight excluding hydrogens is 260 g/mol. The molecule has 0 aromatic rings. The van der Waals surface area contributed by atoms with Gasteiger partial charge in [-0.15, -0.1) is 0 Å². The van der Waals surface area contributed by atoms with Crippen molar-refractivity contribution in [3.63, 3.8) is 0 Å². The quantitative estimate of drug-likeness (QED) is 0.375. The predicted octanol–water partition coefficient (Wildman–Crippen LogP) is 6.34. The molecule has 0 aliphatic rings. The SMILES string of the molecule is CC[Si](CC)(CC)OC(C)(C)/C=C\C(=C(C)C)C(C)C. The van der Waals surface area contributed by atoms with Crippen molar-refractivity contribution in [3.8, 4) is 0 Å². The van der Waals surface area contributed by atoms with Gasteiger partial charge in [-0.1, -0.05) is 52.3 Å². The summed E-state index contributed by atoms with van der Waals surface area (Å²) in [5, 5.41) is 0. The van der Waals surface area contributed by atoms with Gasteiger partial charge in [0.2, 0.25) is 0 Å². The molecule has 118 valence electrons. The molecule has 0 N–H and O–H groups in total. The second kappa shape index (κ2) is 8.19. The first-order valence-electron chi connectivity index (χ1n) is 8.19. The topological polar surface area (TPSA) is 9.23 Å². The molecule has 0 radical (unpaired) electrons. The van der Waals surface area contributed by atoms with Gasteiger partial charge in [0.1, 0.15) is 0 Å². The molecule has 1 nitrogen and oxygen atoms in total. The average Bonchev–Trinajstić information content (AvgIpc) is 2.35. The first-order chi connectivity index (χ1) is 9.13. The van der Waals surface area contributed by atoms with Crippen LogP contribution < -0.4 is 0 Å². The van der Waals surface area contributed by atoms with Crippen LogP contribution in [0.5, 0.6) is 0 Å². The van der Waals surface area contributed by atoms with Gasteiger partial charge in [0.25, 0.3) is 0 Å². The highest BCUT2D eigenvalue weighted by Crippen LogP contribution is 2.29. The monoisotopic (exact) mass is 296 g/mol. The Morgan fingerprint density at radius 1 is 1.05 bits per heavy atom. The zero-order valence-electron chi connectivity index (χ0n) is 15.3. The molecular formula is C18H36OSi. The Morgan fingerprint density at radius 3 is 1.80 bits per heavy atom. The molecule has 0 aliphatic carbocycles. The summed E-state index contributed by atoms with van der Waals surface area (Å²) < 4.78 is 6.61. The molecule has 0 aromatic heterocycles. The lowest BCUT2D eigenvalue weighted by atomic mass is 9.96. The molecule has 0 amide bonds.